The quantitative estimate of drug-likeness (QED) is 0.801. The largest absolute Gasteiger partial charge is 0.294 e. The molecule has 0 amide bonds. The van der Waals surface area contributed by atoms with E-state index < -0.39 is 0 Å². The van der Waals surface area contributed by atoms with E-state index in [1.807, 2.05) is 31.6 Å². The fraction of sp³-hybridized carbons (Fsp3) is 0.400. The molecule has 6 nitrogen and oxygen atoms in total. The Morgan fingerprint density at radius 3 is 2.67 bits per heavy atom. The predicted octanol–water partition coefficient (Wildman–Crippen LogP) is 2.09. The molecule has 0 aliphatic rings. The van der Waals surface area contributed by atoms with Crippen molar-refractivity contribution in [2.75, 3.05) is 0 Å². The Kier molecular flexibility index (Phi) is 3.16. The van der Waals surface area contributed by atoms with E-state index >= 15 is 0 Å². The molecule has 21 heavy (non-hydrogen) atoms. The molecule has 3 heterocycles. The number of nitrogens with zero attached hydrogens (tertiary/aromatic N) is 4. The lowest BCUT2D eigenvalue weighted by Crippen LogP contribution is -2.14. The number of aromatic nitrogens is 5. The first kappa shape index (κ1) is 13.6. The Balaban J connectivity index is 2.28. The summed E-state index contributed by atoms with van der Waals surface area (Å²) in [4.78, 5) is 17.0. The van der Waals surface area contributed by atoms with E-state index in [1.165, 1.54) is 4.52 Å². The Labute approximate surface area is 122 Å². The van der Waals surface area contributed by atoms with E-state index in [2.05, 4.69) is 22.1 Å². The molecule has 0 unspecified atom stereocenters. The average molecular weight is 285 g/mol. The van der Waals surface area contributed by atoms with Gasteiger partial charge in [-0.25, -0.2) is 9.50 Å². The summed E-state index contributed by atoms with van der Waals surface area (Å²) in [5.74, 6) is 0. The lowest BCUT2D eigenvalue weighted by molar-refractivity contribution is 0.653. The van der Waals surface area contributed by atoms with Crippen LogP contribution in [-0.2, 0) is 13.0 Å². The Morgan fingerprint density at radius 1 is 1.29 bits per heavy atom. The molecule has 0 bridgehead atoms. The van der Waals surface area contributed by atoms with Crippen LogP contribution in [0, 0.1) is 13.8 Å². The average Bonchev–Trinajstić information content (AvgIpc) is 2.98. The van der Waals surface area contributed by atoms with Gasteiger partial charge < -0.3 is 0 Å². The third kappa shape index (κ3) is 2.07. The van der Waals surface area contributed by atoms with Gasteiger partial charge >= 0.3 is 0 Å². The number of hydrogen-bond acceptors (Lipinski definition) is 3. The minimum Gasteiger partial charge on any atom is -0.294 e. The molecule has 0 saturated carbocycles. The van der Waals surface area contributed by atoms with E-state index in [1.54, 1.807) is 6.07 Å². The maximum absolute atomic E-state index is 12.3. The SMILES string of the molecule is CCc1c(C)[nH]n2c(=O)cc(-c3cn(CC)nc3C)nc12. The van der Waals surface area contributed by atoms with E-state index in [9.17, 15) is 4.79 Å². The van der Waals surface area contributed by atoms with Crippen LogP contribution in [0.3, 0.4) is 0 Å². The highest BCUT2D eigenvalue weighted by Gasteiger charge is 2.14. The normalized spacial score (nSPS) is 11.4. The fourth-order valence-corrected chi connectivity index (χ4v) is 2.69. The van der Waals surface area contributed by atoms with Crippen LogP contribution in [-0.4, -0.2) is 24.4 Å². The first-order valence-electron chi connectivity index (χ1n) is 7.20. The molecule has 0 radical (unpaired) electrons. The molecular formula is C15H19N5O. The molecule has 3 aromatic heterocycles. The summed E-state index contributed by atoms with van der Waals surface area (Å²) in [6, 6.07) is 1.56. The zero-order valence-electron chi connectivity index (χ0n) is 12.8. The van der Waals surface area contributed by atoms with Crippen molar-refractivity contribution < 1.29 is 0 Å². The van der Waals surface area contributed by atoms with Gasteiger partial charge in [0.1, 0.15) is 0 Å². The van der Waals surface area contributed by atoms with Crippen LogP contribution in [0.4, 0.5) is 0 Å². The molecule has 0 aromatic carbocycles. The molecule has 110 valence electrons. The topological polar surface area (TPSA) is 68.0 Å². The van der Waals surface area contributed by atoms with Gasteiger partial charge in [-0.2, -0.15) is 5.10 Å². The molecule has 0 spiro atoms. The second-order valence-electron chi connectivity index (χ2n) is 5.19. The Bertz CT molecular complexity index is 868. The first-order valence-corrected chi connectivity index (χ1v) is 7.20. The summed E-state index contributed by atoms with van der Waals surface area (Å²) in [6.07, 6.45) is 2.78. The van der Waals surface area contributed by atoms with Crippen molar-refractivity contribution >= 4 is 5.65 Å². The molecule has 0 atom stereocenters. The Morgan fingerprint density at radius 2 is 2.05 bits per heavy atom. The van der Waals surface area contributed by atoms with Gasteiger partial charge in [-0.1, -0.05) is 6.92 Å². The highest BCUT2D eigenvalue weighted by atomic mass is 16.1. The lowest BCUT2D eigenvalue weighted by atomic mass is 10.1. The van der Waals surface area contributed by atoms with E-state index in [0.717, 1.165) is 35.5 Å². The third-order valence-corrected chi connectivity index (χ3v) is 3.82. The van der Waals surface area contributed by atoms with Gasteiger partial charge in [-0.15, -0.1) is 0 Å². The molecule has 3 aromatic rings. The van der Waals surface area contributed by atoms with Crippen LogP contribution in [0.25, 0.3) is 16.9 Å². The molecule has 0 aliphatic carbocycles. The van der Waals surface area contributed by atoms with Crippen LogP contribution in [0.1, 0.15) is 30.8 Å². The van der Waals surface area contributed by atoms with Crippen LogP contribution >= 0.6 is 0 Å². The van der Waals surface area contributed by atoms with E-state index in [0.29, 0.717) is 11.3 Å². The smallest absolute Gasteiger partial charge is 0.273 e. The summed E-state index contributed by atoms with van der Waals surface area (Å²) in [5, 5.41) is 7.50. The summed E-state index contributed by atoms with van der Waals surface area (Å²) in [5.41, 5.74) is 5.17. The second kappa shape index (κ2) is 4.87. The highest BCUT2D eigenvalue weighted by molar-refractivity contribution is 5.64. The van der Waals surface area contributed by atoms with Crippen molar-refractivity contribution in [1.82, 2.24) is 24.4 Å². The first-order chi connectivity index (χ1) is 10.0. The molecule has 0 fully saturated rings. The molecule has 0 saturated heterocycles. The van der Waals surface area contributed by atoms with Gasteiger partial charge in [0.2, 0.25) is 0 Å². The van der Waals surface area contributed by atoms with Gasteiger partial charge in [0, 0.05) is 35.6 Å². The number of H-pyrrole nitrogens is 1. The van der Waals surface area contributed by atoms with Crippen molar-refractivity contribution in [3.05, 3.63) is 39.6 Å². The number of fused-ring (bicyclic) bond motifs is 1. The maximum Gasteiger partial charge on any atom is 0.273 e. The minimum absolute atomic E-state index is 0.0959. The van der Waals surface area contributed by atoms with Crippen LogP contribution in [0.2, 0.25) is 0 Å². The predicted molar refractivity (Wildman–Crippen MR) is 81.6 cm³/mol. The number of hydrogen-bond donors (Lipinski definition) is 1. The number of nitrogens with one attached hydrogen (secondary N) is 1. The second-order valence-corrected chi connectivity index (χ2v) is 5.19. The third-order valence-electron chi connectivity index (χ3n) is 3.82. The summed E-state index contributed by atoms with van der Waals surface area (Å²) in [6.45, 7) is 8.80. The monoisotopic (exact) mass is 285 g/mol. The lowest BCUT2D eigenvalue weighted by Gasteiger charge is -2.00. The van der Waals surface area contributed by atoms with Crippen LogP contribution < -0.4 is 5.56 Å². The van der Waals surface area contributed by atoms with Gasteiger partial charge in [0.05, 0.1) is 11.4 Å². The highest BCUT2D eigenvalue weighted by Crippen LogP contribution is 2.21. The molecule has 0 aliphatic heterocycles. The molecular weight excluding hydrogens is 266 g/mol. The van der Waals surface area contributed by atoms with E-state index in [-0.39, 0.29) is 5.56 Å². The van der Waals surface area contributed by atoms with Crippen molar-refractivity contribution in [3.63, 3.8) is 0 Å². The van der Waals surface area contributed by atoms with Crippen molar-refractivity contribution in [2.24, 2.45) is 0 Å². The molecule has 1 N–H and O–H groups in total. The van der Waals surface area contributed by atoms with Gasteiger partial charge in [-0.05, 0) is 27.2 Å². The summed E-state index contributed by atoms with van der Waals surface area (Å²) >= 11 is 0. The van der Waals surface area contributed by atoms with Gasteiger partial charge in [-0.3, -0.25) is 14.6 Å². The van der Waals surface area contributed by atoms with Crippen LogP contribution in [0.5, 0.6) is 0 Å². The van der Waals surface area contributed by atoms with Crippen molar-refractivity contribution in [3.8, 4) is 11.3 Å². The number of aryl methyl sites for hydroxylation is 4. The standard InChI is InChI=1S/C15H19N5O/c1-5-11-9(3)18-20-14(21)7-13(16-15(11)20)12-8-19(6-2)17-10(12)4/h7-8,18H,5-6H2,1-4H3. The minimum atomic E-state index is -0.0959. The van der Waals surface area contributed by atoms with Crippen molar-refractivity contribution in [2.45, 2.75) is 40.7 Å². The number of rotatable bonds is 3. The Hall–Kier alpha value is -2.37. The number of aromatic amines is 1. The van der Waals surface area contributed by atoms with Crippen LogP contribution in [0.15, 0.2) is 17.1 Å². The zero-order valence-corrected chi connectivity index (χ0v) is 12.8. The summed E-state index contributed by atoms with van der Waals surface area (Å²) in [7, 11) is 0. The fourth-order valence-electron chi connectivity index (χ4n) is 2.69. The summed E-state index contributed by atoms with van der Waals surface area (Å²) < 4.78 is 3.37. The zero-order chi connectivity index (χ0) is 15.1. The molecule has 6 heteroatoms. The van der Waals surface area contributed by atoms with Gasteiger partial charge in [0.25, 0.3) is 5.56 Å². The molecule has 3 rings (SSSR count). The van der Waals surface area contributed by atoms with E-state index in [4.69, 9.17) is 0 Å². The maximum atomic E-state index is 12.3. The van der Waals surface area contributed by atoms with Crippen molar-refractivity contribution in [1.29, 1.82) is 0 Å². The van der Waals surface area contributed by atoms with Gasteiger partial charge in [0.15, 0.2) is 5.65 Å².